The van der Waals surface area contributed by atoms with Crippen LogP contribution in [0.1, 0.15) is 34.6 Å². The van der Waals surface area contributed by atoms with E-state index in [9.17, 15) is 0 Å². The second-order valence-electron chi connectivity index (χ2n) is 4.69. The smallest absolute Gasteiger partial charge is 0.371 e. The molecule has 1 aromatic carbocycles. The largest absolute Gasteiger partial charge is 0.672 e. The Hall–Kier alpha value is -0.586. The van der Waals surface area contributed by atoms with E-state index < -0.39 is 17.9 Å². The fourth-order valence-electron chi connectivity index (χ4n) is 2.26. The number of benzene rings is 1. The second-order valence-corrected chi connectivity index (χ2v) is 9.64. The van der Waals surface area contributed by atoms with Crippen molar-refractivity contribution in [3.63, 3.8) is 0 Å². The summed E-state index contributed by atoms with van der Waals surface area (Å²) in [6.45, 7) is 11.7. The van der Waals surface area contributed by atoms with Crippen LogP contribution in [0.5, 0.6) is 0 Å². The maximum Gasteiger partial charge on any atom is 0.672 e. The Balaban J connectivity index is 3.29. The predicted octanol–water partition coefficient (Wildman–Crippen LogP) is 2.47. The van der Waals surface area contributed by atoms with Crippen molar-refractivity contribution in [2.75, 3.05) is 33.0 Å². The zero-order valence-electron chi connectivity index (χ0n) is 15.4. The second kappa shape index (κ2) is 11.1. The summed E-state index contributed by atoms with van der Waals surface area (Å²) in [5, 5.41) is 0.865. The van der Waals surface area contributed by atoms with Gasteiger partial charge in [-0.25, -0.2) is 0 Å². The Morgan fingerprint density at radius 2 is 1.04 bits per heavy atom. The Labute approximate surface area is 147 Å². The molecule has 0 N–H and O–H groups in total. The molecule has 0 unspecified atom stereocenters. The molecule has 0 aliphatic heterocycles. The first-order valence-corrected chi connectivity index (χ1v) is 11.9. The maximum atomic E-state index is 6.38. The minimum atomic E-state index is -3.38. The first-order chi connectivity index (χ1) is 11.6. The van der Waals surface area contributed by atoms with Crippen molar-refractivity contribution in [2.45, 2.75) is 34.6 Å². The molecular formula is C16H30O6Si2. The summed E-state index contributed by atoms with van der Waals surface area (Å²) < 4.78 is 35.9. The molecule has 0 aromatic heterocycles. The average molecular weight is 375 g/mol. The molecule has 8 heteroatoms. The number of hydrogen-bond acceptors (Lipinski definition) is 6. The topological polar surface area (TPSA) is 55.4 Å². The number of hydrogen-bond donors (Lipinski definition) is 0. The molecule has 0 aliphatic rings. The van der Waals surface area contributed by atoms with Gasteiger partial charge in [0, 0.05) is 38.2 Å². The van der Waals surface area contributed by atoms with E-state index in [-0.39, 0.29) is 0 Å². The predicted molar refractivity (Wildman–Crippen MR) is 96.8 cm³/mol. The lowest BCUT2D eigenvalue weighted by molar-refractivity contribution is -0.0181. The molecule has 0 bridgehead atoms. The van der Waals surface area contributed by atoms with Gasteiger partial charge in [0.25, 0.3) is 0 Å². The van der Waals surface area contributed by atoms with Gasteiger partial charge in [0.1, 0.15) is 0 Å². The van der Waals surface area contributed by atoms with Gasteiger partial charge < -0.3 is 26.2 Å². The fourth-order valence-corrected chi connectivity index (χ4v) is 8.31. The van der Waals surface area contributed by atoms with Crippen LogP contribution in [0.15, 0.2) is 30.3 Å². The summed E-state index contributed by atoms with van der Waals surface area (Å²) in [6.07, 6.45) is 0. The van der Waals surface area contributed by atoms with Gasteiger partial charge in [-0.15, -0.1) is 0 Å². The quantitative estimate of drug-likeness (QED) is 0.495. The highest BCUT2D eigenvalue weighted by molar-refractivity contribution is 6.81. The van der Waals surface area contributed by atoms with Crippen LogP contribution in [0.2, 0.25) is 0 Å². The lowest BCUT2D eigenvalue weighted by Crippen LogP contribution is -2.66. The summed E-state index contributed by atoms with van der Waals surface area (Å²) >= 11 is 0. The molecule has 0 aliphatic carbocycles. The fraction of sp³-hybridized carbons (Fsp3) is 0.625. The van der Waals surface area contributed by atoms with E-state index in [0.29, 0.717) is 33.0 Å². The molecule has 1 aromatic rings. The van der Waals surface area contributed by atoms with Gasteiger partial charge in [-0.1, -0.05) is 30.3 Å². The van der Waals surface area contributed by atoms with E-state index in [0.717, 1.165) is 5.19 Å². The van der Waals surface area contributed by atoms with Crippen molar-refractivity contribution >= 4 is 23.0 Å². The molecule has 0 heterocycles. The molecule has 0 spiro atoms. The van der Waals surface area contributed by atoms with Crippen LogP contribution < -0.4 is 5.19 Å². The SMILES string of the molecule is CCO[Si](OCC)(OCC)O[Si](OCC)(OCC)c1ccccc1. The van der Waals surface area contributed by atoms with Crippen LogP contribution in [0.4, 0.5) is 0 Å². The van der Waals surface area contributed by atoms with E-state index in [2.05, 4.69) is 0 Å². The standard InChI is InChI=1S/C16H30O6Si2/c1-6-17-23(18-7-2,16-14-12-11-13-15-16)22-24(19-8-3,20-9-4)21-10-5/h11-15H,6-10H2,1-5H3. The minimum Gasteiger partial charge on any atom is -0.371 e. The Kier molecular flexibility index (Phi) is 9.93. The maximum absolute atomic E-state index is 6.38. The van der Waals surface area contributed by atoms with Gasteiger partial charge in [-0.05, 0) is 34.6 Å². The summed E-state index contributed by atoms with van der Waals surface area (Å²) in [6, 6.07) is 9.70. The average Bonchev–Trinajstić information content (AvgIpc) is 2.57. The van der Waals surface area contributed by atoms with Gasteiger partial charge >= 0.3 is 17.9 Å². The third-order valence-corrected chi connectivity index (χ3v) is 9.40. The zero-order chi connectivity index (χ0) is 17.9. The molecule has 6 nitrogen and oxygen atoms in total. The Morgan fingerprint density at radius 1 is 0.625 bits per heavy atom. The van der Waals surface area contributed by atoms with Gasteiger partial charge in [0.15, 0.2) is 0 Å². The molecule has 24 heavy (non-hydrogen) atoms. The molecule has 0 saturated heterocycles. The van der Waals surface area contributed by atoms with Gasteiger partial charge in [-0.2, -0.15) is 0 Å². The first-order valence-electron chi connectivity index (χ1n) is 8.57. The van der Waals surface area contributed by atoms with Crippen LogP contribution >= 0.6 is 0 Å². The zero-order valence-corrected chi connectivity index (χ0v) is 17.4. The molecule has 1 rings (SSSR count). The molecule has 138 valence electrons. The van der Waals surface area contributed by atoms with Crippen LogP contribution in [-0.2, 0) is 26.2 Å². The molecule has 0 radical (unpaired) electrons. The van der Waals surface area contributed by atoms with Crippen molar-refractivity contribution < 1.29 is 26.2 Å². The van der Waals surface area contributed by atoms with Gasteiger partial charge in [0.05, 0.1) is 0 Å². The van der Waals surface area contributed by atoms with Crippen LogP contribution in [-0.4, -0.2) is 50.9 Å². The summed E-state index contributed by atoms with van der Waals surface area (Å²) in [5.74, 6) is 0. The van der Waals surface area contributed by atoms with Gasteiger partial charge in [0.2, 0.25) is 0 Å². The highest BCUT2D eigenvalue weighted by Gasteiger charge is 2.57. The number of rotatable bonds is 13. The lowest BCUT2D eigenvalue weighted by Gasteiger charge is -2.36. The summed E-state index contributed by atoms with van der Waals surface area (Å²) in [5.41, 5.74) is 0. The monoisotopic (exact) mass is 374 g/mol. The van der Waals surface area contributed by atoms with E-state index >= 15 is 0 Å². The van der Waals surface area contributed by atoms with Crippen LogP contribution in [0.25, 0.3) is 0 Å². The van der Waals surface area contributed by atoms with Crippen molar-refractivity contribution in [3.8, 4) is 0 Å². The highest BCUT2D eigenvalue weighted by atomic mass is 28.5. The highest BCUT2D eigenvalue weighted by Crippen LogP contribution is 2.21. The third-order valence-electron chi connectivity index (χ3n) is 3.02. The van der Waals surface area contributed by atoms with Crippen LogP contribution in [0, 0.1) is 0 Å². The Bertz CT molecular complexity index is 422. The van der Waals surface area contributed by atoms with Crippen LogP contribution in [0.3, 0.4) is 0 Å². The van der Waals surface area contributed by atoms with Gasteiger partial charge in [-0.3, -0.25) is 0 Å². The summed E-state index contributed by atoms with van der Waals surface area (Å²) in [4.78, 5) is 0. The van der Waals surface area contributed by atoms with Crippen molar-refractivity contribution in [2.24, 2.45) is 0 Å². The normalized spacial score (nSPS) is 12.5. The van der Waals surface area contributed by atoms with Crippen molar-refractivity contribution in [1.82, 2.24) is 0 Å². The summed E-state index contributed by atoms with van der Waals surface area (Å²) in [7, 11) is -6.61. The molecule has 0 saturated carbocycles. The molecule has 0 amide bonds. The lowest BCUT2D eigenvalue weighted by atomic mass is 10.4. The van der Waals surface area contributed by atoms with E-state index in [4.69, 9.17) is 26.2 Å². The Morgan fingerprint density at radius 3 is 1.42 bits per heavy atom. The van der Waals surface area contributed by atoms with Crippen molar-refractivity contribution in [3.05, 3.63) is 30.3 Å². The van der Waals surface area contributed by atoms with E-state index in [1.807, 2.05) is 65.0 Å². The van der Waals surface area contributed by atoms with E-state index in [1.165, 1.54) is 0 Å². The third kappa shape index (κ3) is 5.74. The minimum absolute atomic E-state index is 0.420. The molecule has 0 fully saturated rings. The molecule has 0 atom stereocenters. The van der Waals surface area contributed by atoms with Crippen molar-refractivity contribution in [1.29, 1.82) is 0 Å². The first kappa shape index (κ1) is 21.5. The van der Waals surface area contributed by atoms with E-state index in [1.54, 1.807) is 0 Å². The molecular weight excluding hydrogens is 344 g/mol.